The first-order chi connectivity index (χ1) is 9.92. The number of amides is 3. The minimum Gasteiger partial charge on any atom is -0.354 e. The molecule has 1 aromatic carbocycles. The first-order valence-electron chi connectivity index (χ1n) is 7.00. The molecule has 0 spiro atoms. The smallest absolute Gasteiger partial charge is 0.322 e. The molecular weight excluding hydrogens is 268 g/mol. The number of urea groups is 1. The molecular formula is C15H24N4O2. The monoisotopic (exact) mass is 292 g/mol. The average molecular weight is 292 g/mol. The summed E-state index contributed by atoms with van der Waals surface area (Å²) >= 11 is 0. The van der Waals surface area contributed by atoms with Gasteiger partial charge in [0.05, 0.1) is 0 Å². The molecule has 0 saturated carbocycles. The lowest BCUT2D eigenvalue weighted by Crippen LogP contribution is -2.41. The molecule has 21 heavy (non-hydrogen) atoms. The van der Waals surface area contributed by atoms with E-state index in [0.29, 0.717) is 24.7 Å². The quantitative estimate of drug-likeness (QED) is 0.740. The van der Waals surface area contributed by atoms with Crippen molar-refractivity contribution in [1.29, 1.82) is 0 Å². The Morgan fingerprint density at radius 2 is 1.86 bits per heavy atom. The van der Waals surface area contributed by atoms with Crippen molar-refractivity contribution in [2.45, 2.75) is 20.4 Å². The number of anilines is 1. The Morgan fingerprint density at radius 1 is 1.24 bits per heavy atom. The van der Waals surface area contributed by atoms with Gasteiger partial charge in [0.1, 0.15) is 6.54 Å². The molecule has 0 saturated heterocycles. The van der Waals surface area contributed by atoms with E-state index in [0.717, 1.165) is 5.56 Å². The van der Waals surface area contributed by atoms with E-state index in [1.165, 1.54) is 4.90 Å². The van der Waals surface area contributed by atoms with Crippen LogP contribution in [-0.2, 0) is 11.3 Å². The lowest BCUT2D eigenvalue weighted by molar-refractivity contribution is -0.121. The zero-order valence-corrected chi connectivity index (χ0v) is 12.8. The molecule has 0 aliphatic rings. The molecule has 0 fully saturated rings. The summed E-state index contributed by atoms with van der Waals surface area (Å²) in [5.74, 6) is 0.217. The molecule has 0 aromatic heterocycles. The Kier molecular flexibility index (Phi) is 6.68. The van der Waals surface area contributed by atoms with Crippen molar-refractivity contribution in [1.82, 2.24) is 10.2 Å². The molecule has 6 heteroatoms. The van der Waals surface area contributed by atoms with E-state index >= 15 is 0 Å². The van der Waals surface area contributed by atoms with Crippen LogP contribution in [0.1, 0.15) is 19.4 Å². The van der Waals surface area contributed by atoms with Gasteiger partial charge in [-0.3, -0.25) is 4.79 Å². The van der Waals surface area contributed by atoms with Crippen LogP contribution in [0.15, 0.2) is 24.3 Å². The van der Waals surface area contributed by atoms with Crippen molar-refractivity contribution in [2.75, 3.05) is 25.5 Å². The summed E-state index contributed by atoms with van der Waals surface area (Å²) in [5.41, 5.74) is 7.18. The highest BCUT2D eigenvalue weighted by Gasteiger charge is 2.13. The van der Waals surface area contributed by atoms with Gasteiger partial charge in [-0.05, 0) is 23.6 Å². The van der Waals surface area contributed by atoms with E-state index in [4.69, 9.17) is 5.73 Å². The number of nitrogens with zero attached hydrogens (tertiary/aromatic N) is 1. The summed E-state index contributed by atoms with van der Waals surface area (Å²) in [4.78, 5) is 24.9. The number of carbonyl (C=O) groups is 2. The highest BCUT2D eigenvalue weighted by Crippen LogP contribution is 2.09. The summed E-state index contributed by atoms with van der Waals surface area (Å²) in [6, 6.07) is 6.95. The van der Waals surface area contributed by atoms with Crippen LogP contribution in [0.5, 0.6) is 0 Å². The number of nitrogens with one attached hydrogen (secondary N) is 2. The predicted octanol–water partition coefficient (Wildman–Crippen LogP) is 1.38. The molecule has 0 unspecified atom stereocenters. The van der Waals surface area contributed by atoms with Crippen LogP contribution in [0.25, 0.3) is 0 Å². The fourth-order valence-electron chi connectivity index (χ4n) is 1.60. The second-order valence-corrected chi connectivity index (χ2v) is 5.39. The molecule has 3 amide bonds. The average Bonchev–Trinajstić information content (AvgIpc) is 2.45. The number of carbonyl (C=O) groups excluding carboxylic acids is 2. The molecule has 0 atom stereocenters. The Hall–Kier alpha value is -2.08. The Balaban J connectivity index is 2.44. The molecule has 1 rings (SSSR count). The number of hydrogen-bond donors (Lipinski definition) is 3. The maximum absolute atomic E-state index is 12.0. The number of hydrogen-bond acceptors (Lipinski definition) is 3. The molecule has 1 aromatic rings. The molecule has 0 radical (unpaired) electrons. The minimum absolute atomic E-state index is 0.0272. The van der Waals surface area contributed by atoms with Gasteiger partial charge in [-0.1, -0.05) is 26.0 Å². The van der Waals surface area contributed by atoms with Crippen molar-refractivity contribution in [3.63, 3.8) is 0 Å². The van der Waals surface area contributed by atoms with Crippen molar-refractivity contribution in [3.8, 4) is 0 Å². The van der Waals surface area contributed by atoms with Gasteiger partial charge in [-0.15, -0.1) is 0 Å². The number of benzene rings is 1. The van der Waals surface area contributed by atoms with E-state index in [2.05, 4.69) is 10.6 Å². The summed E-state index contributed by atoms with van der Waals surface area (Å²) in [6.07, 6.45) is 0. The maximum atomic E-state index is 12.0. The van der Waals surface area contributed by atoms with Crippen LogP contribution in [0.4, 0.5) is 10.5 Å². The van der Waals surface area contributed by atoms with E-state index in [9.17, 15) is 9.59 Å². The molecule has 4 N–H and O–H groups in total. The highest BCUT2D eigenvalue weighted by molar-refractivity contribution is 5.92. The third kappa shape index (κ3) is 6.27. The second-order valence-electron chi connectivity index (χ2n) is 5.39. The van der Waals surface area contributed by atoms with E-state index in [1.54, 1.807) is 19.2 Å². The normalized spacial score (nSPS) is 10.3. The number of rotatable bonds is 6. The van der Waals surface area contributed by atoms with Crippen LogP contribution in [-0.4, -0.2) is 37.0 Å². The summed E-state index contributed by atoms with van der Waals surface area (Å²) in [7, 11) is 1.58. The number of likely N-dealkylation sites (N-methyl/N-ethyl adjacent to an activating group) is 1. The fraction of sp³-hybridized carbons (Fsp3) is 0.467. The fourth-order valence-corrected chi connectivity index (χ4v) is 1.60. The van der Waals surface area contributed by atoms with Crippen molar-refractivity contribution in [2.24, 2.45) is 11.7 Å². The SMILES string of the molecule is CC(C)CNC(=O)CN(C)C(=O)Nc1ccc(CN)cc1. The lowest BCUT2D eigenvalue weighted by Gasteiger charge is -2.18. The molecule has 0 heterocycles. The van der Waals surface area contributed by atoms with Crippen LogP contribution in [0.3, 0.4) is 0 Å². The summed E-state index contributed by atoms with van der Waals surface area (Å²) < 4.78 is 0. The van der Waals surface area contributed by atoms with Gasteiger partial charge < -0.3 is 21.3 Å². The third-order valence-corrected chi connectivity index (χ3v) is 2.88. The van der Waals surface area contributed by atoms with Crippen molar-refractivity contribution in [3.05, 3.63) is 29.8 Å². The van der Waals surface area contributed by atoms with Gasteiger partial charge >= 0.3 is 6.03 Å². The topological polar surface area (TPSA) is 87.5 Å². The van der Waals surface area contributed by atoms with Gasteiger partial charge in [-0.2, -0.15) is 0 Å². The van der Waals surface area contributed by atoms with Crippen molar-refractivity contribution >= 4 is 17.6 Å². The highest BCUT2D eigenvalue weighted by atomic mass is 16.2. The van der Waals surface area contributed by atoms with Crippen LogP contribution < -0.4 is 16.4 Å². The van der Waals surface area contributed by atoms with E-state index in [1.807, 2.05) is 26.0 Å². The number of nitrogens with two attached hydrogens (primary N) is 1. The molecule has 6 nitrogen and oxygen atoms in total. The first-order valence-corrected chi connectivity index (χ1v) is 7.00. The standard InChI is InChI=1S/C15H24N4O2/c1-11(2)9-17-14(20)10-19(3)15(21)18-13-6-4-12(8-16)5-7-13/h4-7,11H,8-10,16H2,1-3H3,(H,17,20)(H,18,21). The van der Waals surface area contributed by atoms with Crippen LogP contribution >= 0.6 is 0 Å². The summed E-state index contributed by atoms with van der Waals surface area (Å²) in [5, 5.41) is 5.50. The molecule has 0 bridgehead atoms. The van der Waals surface area contributed by atoms with Gasteiger partial charge in [0.2, 0.25) is 5.91 Å². The van der Waals surface area contributed by atoms with Gasteiger partial charge in [-0.25, -0.2) is 4.79 Å². The molecule has 0 aliphatic carbocycles. The molecule has 116 valence electrons. The van der Waals surface area contributed by atoms with Crippen LogP contribution in [0.2, 0.25) is 0 Å². The largest absolute Gasteiger partial charge is 0.354 e. The zero-order valence-electron chi connectivity index (χ0n) is 12.8. The van der Waals surface area contributed by atoms with Crippen LogP contribution in [0, 0.1) is 5.92 Å². The first kappa shape index (κ1) is 17.0. The van der Waals surface area contributed by atoms with E-state index < -0.39 is 0 Å². The molecule has 0 aliphatic heterocycles. The predicted molar refractivity (Wildman–Crippen MR) is 83.8 cm³/mol. The van der Waals surface area contributed by atoms with Gasteiger partial charge in [0, 0.05) is 25.8 Å². The second kappa shape index (κ2) is 8.26. The Morgan fingerprint density at radius 3 is 2.38 bits per heavy atom. The van der Waals surface area contributed by atoms with Gasteiger partial charge in [0.25, 0.3) is 0 Å². The zero-order chi connectivity index (χ0) is 15.8. The Bertz CT molecular complexity index is 471. The van der Waals surface area contributed by atoms with Gasteiger partial charge in [0.15, 0.2) is 0 Å². The third-order valence-electron chi connectivity index (χ3n) is 2.88. The lowest BCUT2D eigenvalue weighted by atomic mass is 10.2. The summed E-state index contributed by atoms with van der Waals surface area (Å²) in [6.45, 7) is 5.13. The Labute approximate surface area is 125 Å². The minimum atomic E-state index is -0.324. The van der Waals surface area contributed by atoms with E-state index in [-0.39, 0.29) is 18.5 Å². The van der Waals surface area contributed by atoms with Crippen molar-refractivity contribution < 1.29 is 9.59 Å². The maximum Gasteiger partial charge on any atom is 0.322 e.